The molecular weight excluding hydrogens is 172 g/mol. The van der Waals surface area contributed by atoms with Gasteiger partial charge >= 0.3 is 0 Å². The number of anilines is 1. The first-order valence-electron chi connectivity index (χ1n) is 3.99. The zero-order chi connectivity index (χ0) is 9.14. The Labute approximate surface area is 76.6 Å². The van der Waals surface area contributed by atoms with Gasteiger partial charge in [0.05, 0.1) is 0 Å². The number of nitrogen functional groups attached to an aromatic ring is 1. The quantitative estimate of drug-likeness (QED) is 0.786. The molecule has 0 amide bonds. The second-order valence-electron chi connectivity index (χ2n) is 2.59. The molecule has 1 aromatic rings. The van der Waals surface area contributed by atoms with Crippen molar-refractivity contribution in [2.24, 2.45) is 0 Å². The van der Waals surface area contributed by atoms with Crippen LogP contribution in [0.2, 0.25) is 0 Å². The highest BCUT2D eigenvalue weighted by molar-refractivity contribution is 7.12. The Balaban J connectivity index is 2.74. The second-order valence-corrected chi connectivity index (χ2v) is 3.83. The third-order valence-electron chi connectivity index (χ3n) is 1.61. The standard InChI is InChI=1S/C8H14N2OS/c1-4-11-5(2)8-10-7(9)6(3)12-8/h5H,4,9H2,1-3H3. The predicted octanol–water partition coefficient (Wildman–Crippen LogP) is 2.13. The third-order valence-corrected chi connectivity index (χ3v) is 2.76. The Hall–Kier alpha value is -0.610. The van der Waals surface area contributed by atoms with E-state index >= 15 is 0 Å². The predicted molar refractivity (Wildman–Crippen MR) is 51.3 cm³/mol. The van der Waals surface area contributed by atoms with Gasteiger partial charge in [0.15, 0.2) is 0 Å². The van der Waals surface area contributed by atoms with Crippen molar-refractivity contribution in [1.29, 1.82) is 0 Å². The molecule has 1 rings (SSSR count). The van der Waals surface area contributed by atoms with E-state index in [0.717, 1.165) is 9.88 Å². The summed E-state index contributed by atoms with van der Waals surface area (Å²) in [6.07, 6.45) is 0.0657. The van der Waals surface area contributed by atoms with Crippen LogP contribution in [0, 0.1) is 6.92 Å². The smallest absolute Gasteiger partial charge is 0.137 e. The number of aromatic nitrogens is 1. The highest BCUT2D eigenvalue weighted by atomic mass is 32.1. The summed E-state index contributed by atoms with van der Waals surface area (Å²) in [7, 11) is 0. The number of nitrogens with zero attached hydrogens (tertiary/aromatic N) is 1. The lowest BCUT2D eigenvalue weighted by Crippen LogP contribution is -1.98. The first-order chi connectivity index (χ1) is 5.65. The molecule has 0 fully saturated rings. The largest absolute Gasteiger partial charge is 0.383 e. The Bertz CT molecular complexity index is 240. The maximum Gasteiger partial charge on any atom is 0.137 e. The molecule has 2 N–H and O–H groups in total. The number of nitrogens with two attached hydrogens (primary N) is 1. The van der Waals surface area contributed by atoms with E-state index in [1.807, 2.05) is 20.8 Å². The summed E-state index contributed by atoms with van der Waals surface area (Å²) < 4.78 is 5.39. The molecule has 0 aromatic carbocycles. The van der Waals surface area contributed by atoms with Crippen molar-refractivity contribution in [1.82, 2.24) is 4.98 Å². The van der Waals surface area contributed by atoms with Gasteiger partial charge in [0, 0.05) is 11.5 Å². The van der Waals surface area contributed by atoms with Gasteiger partial charge in [-0.05, 0) is 20.8 Å². The molecule has 0 spiro atoms. The van der Waals surface area contributed by atoms with Crippen LogP contribution < -0.4 is 5.73 Å². The number of hydrogen-bond acceptors (Lipinski definition) is 4. The molecule has 0 saturated heterocycles. The Morgan fingerprint density at radius 1 is 1.67 bits per heavy atom. The van der Waals surface area contributed by atoms with Gasteiger partial charge in [0.2, 0.25) is 0 Å². The van der Waals surface area contributed by atoms with E-state index < -0.39 is 0 Å². The number of hydrogen-bond donors (Lipinski definition) is 1. The summed E-state index contributed by atoms with van der Waals surface area (Å²) in [4.78, 5) is 5.27. The Morgan fingerprint density at radius 3 is 2.75 bits per heavy atom. The van der Waals surface area contributed by atoms with E-state index in [1.165, 1.54) is 0 Å². The maximum atomic E-state index is 5.62. The summed E-state index contributed by atoms with van der Waals surface area (Å²) in [6.45, 7) is 6.64. The molecule has 0 bridgehead atoms. The lowest BCUT2D eigenvalue weighted by Gasteiger charge is -2.06. The van der Waals surface area contributed by atoms with E-state index in [1.54, 1.807) is 11.3 Å². The van der Waals surface area contributed by atoms with Crippen molar-refractivity contribution < 1.29 is 4.74 Å². The molecular formula is C8H14N2OS. The number of ether oxygens (including phenoxy) is 1. The molecule has 12 heavy (non-hydrogen) atoms. The van der Waals surface area contributed by atoms with Crippen molar-refractivity contribution in [3.8, 4) is 0 Å². The number of thiazole rings is 1. The summed E-state index contributed by atoms with van der Waals surface area (Å²) in [5, 5.41) is 0.965. The van der Waals surface area contributed by atoms with E-state index in [2.05, 4.69) is 4.98 Å². The molecule has 1 atom stereocenters. The van der Waals surface area contributed by atoms with Crippen molar-refractivity contribution in [2.45, 2.75) is 26.9 Å². The molecule has 1 heterocycles. The van der Waals surface area contributed by atoms with Crippen LogP contribution in [0.25, 0.3) is 0 Å². The number of aryl methyl sites for hydroxylation is 1. The van der Waals surface area contributed by atoms with Gasteiger partial charge in [-0.1, -0.05) is 0 Å². The molecule has 0 aliphatic heterocycles. The lowest BCUT2D eigenvalue weighted by atomic mass is 10.4. The van der Waals surface area contributed by atoms with Gasteiger partial charge in [-0.2, -0.15) is 0 Å². The topological polar surface area (TPSA) is 48.1 Å². The Morgan fingerprint density at radius 2 is 2.33 bits per heavy atom. The first kappa shape index (κ1) is 9.48. The minimum atomic E-state index is 0.0657. The van der Waals surface area contributed by atoms with Crippen molar-refractivity contribution in [2.75, 3.05) is 12.3 Å². The van der Waals surface area contributed by atoms with E-state index in [0.29, 0.717) is 12.4 Å². The van der Waals surface area contributed by atoms with Gasteiger partial charge in [0.25, 0.3) is 0 Å². The maximum absolute atomic E-state index is 5.62. The fourth-order valence-corrected chi connectivity index (χ4v) is 1.77. The van der Waals surface area contributed by atoms with Crippen LogP contribution in [0.3, 0.4) is 0 Å². The first-order valence-corrected chi connectivity index (χ1v) is 4.81. The minimum Gasteiger partial charge on any atom is -0.383 e. The van der Waals surface area contributed by atoms with Crippen molar-refractivity contribution in [3.05, 3.63) is 9.88 Å². The molecule has 4 heteroatoms. The normalized spacial score (nSPS) is 13.2. The van der Waals surface area contributed by atoms with Gasteiger partial charge in [0.1, 0.15) is 16.9 Å². The van der Waals surface area contributed by atoms with Crippen LogP contribution in [0.15, 0.2) is 0 Å². The van der Waals surface area contributed by atoms with Crippen LogP contribution in [-0.2, 0) is 4.74 Å². The molecule has 1 unspecified atom stereocenters. The lowest BCUT2D eigenvalue weighted by molar-refractivity contribution is 0.0763. The third kappa shape index (κ3) is 1.95. The highest BCUT2D eigenvalue weighted by Crippen LogP contribution is 2.26. The fourth-order valence-electron chi connectivity index (χ4n) is 0.925. The minimum absolute atomic E-state index is 0.0657. The van der Waals surface area contributed by atoms with Crippen LogP contribution >= 0.6 is 11.3 Å². The van der Waals surface area contributed by atoms with Crippen LogP contribution in [0.5, 0.6) is 0 Å². The molecule has 0 radical (unpaired) electrons. The van der Waals surface area contributed by atoms with Crippen molar-refractivity contribution in [3.63, 3.8) is 0 Å². The molecule has 1 aromatic heterocycles. The summed E-state index contributed by atoms with van der Waals surface area (Å²) in [5.41, 5.74) is 5.62. The molecule has 0 aliphatic rings. The number of rotatable bonds is 3. The molecule has 0 saturated carbocycles. The second kappa shape index (κ2) is 3.87. The van der Waals surface area contributed by atoms with Gasteiger partial charge < -0.3 is 10.5 Å². The molecule has 3 nitrogen and oxygen atoms in total. The SMILES string of the molecule is CCOC(C)c1nc(N)c(C)s1. The average Bonchev–Trinajstić information content (AvgIpc) is 2.33. The van der Waals surface area contributed by atoms with E-state index in [9.17, 15) is 0 Å². The van der Waals surface area contributed by atoms with Crippen LogP contribution in [0.4, 0.5) is 5.82 Å². The van der Waals surface area contributed by atoms with Gasteiger partial charge in [-0.15, -0.1) is 11.3 Å². The molecule has 68 valence electrons. The van der Waals surface area contributed by atoms with Gasteiger partial charge in [-0.25, -0.2) is 4.98 Å². The van der Waals surface area contributed by atoms with Crippen molar-refractivity contribution >= 4 is 17.2 Å². The van der Waals surface area contributed by atoms with Crippen LogP contribution in [-0.4, -0.2) is 11.6 Å². The summed E-state index contributed by atoms with van der Waals surface area (Å²) >= 11 is 1.60. The zero-order valence-corrected chi connectivity index (χ0v) is 8.44. The summed E-state index contributed by atoms with van der Waals surface area (Å²) in [6, 6.07) is 0. The zero-order valence-electron chi connectivity index (χ0n) is 7.63. The van der Waals surface area contributed by atoms with E-state index in [4.69, 9.17) is 10.5 Å². The van der Waals surface area contributed by atoms with E-state index in [-0.39, 0.29) is 6.10 Å². The van der Waals surface area contributed by atoms with Gasteiger partial charge in [-0.3, -0.25) is 0 Å². The highest BCUT2D eigenvalue weighted by Gasteiger charge is 2.11. The monoisotopic (exact) mass is 186 g/mol. The fraction of sp³-hybridized carbons (Fsp3) is 0.625. The summed E-state index contributed by atoms with van der Waals surface area (Å²) in [5.74, 6) is 0.626. The molecule has 0 aliphatic carbocycles. The van der Waals surface area contributed by atoms with Crippen LogP contribution in [0.1, 0.15) is 29.8 Å². The Kier molecular flexibility index (Phi) is 3.05. The average molecular weight is 186 g/mol.